The Balaban J connectivity index is 2.80. The minimum atomic E-state index is -0.822. The van der Waals surface area contributed by atoms with Crippen LogP contribution in [0.3, 0.4) is 0 Å². The highest BCUT2D eigenvalue weighted by Gasteiger charge is 2.15. The molecule has 0 saturated carbocycles. The average Bonchev–Trinajstić information content (AvgIpc) is 2.28. The summed E-state index contributed by atoms with van der Waals surface area (Å²) in [4.78, 5) is 11.0. The first-order chi connectivity index (χ1) is 7.58. The summed E-state index contributed by atoms with van der Waals surface area (Å²) in [6.45, 7) is 0. The van der Waals surface area contributed by atoms with Crippen LogP contribution in [0.25, 0.3) is 0 Å². The van der Waals surface area contributed by atoms with E-state index in [2.05, 4.69) is 4.74 Å². The zero-order valence-corrected chi connectivity index (χ0v) is 8.74. The molecule has 1 aromatic carbocycles. The normalized spacial score (nSPS) is 11.6. The van der Waals surface area contributed by atoms with Gasteiger partial charge in [-0.3, -0.25) is 4.79 Å². The zero-order chi connectivity index (χ0) is 12.1. The molecule has 5 heteroatoms. The van der Waals surface area contributed by atoms with E-state index < -0.39 is 17.8 Å². The smallest absolute Gasteiger partial charge is 0.322 e. The highest BCUT2D eigenvalue weighted by Crippen LogP contribution is 2.11. The van der Waals surface area contributed by atoms with Crippen molar-refractivity contribution in [3.05, 3.63) is 35.1 Å². The van der Waals surface area contributed by atoms with Crippen LogP contribution in [0, 0.1) is 17.1 Å². The van der Waals surface area contributed by atoms with Crippen molar-refractivity contribution in [3.8, 4) is 6.07 Å². The lowest BCUT2D eigenvalue weighted by molar-refractivity contribution is -0.142. The van der Waals surface area contributed by atoms with Gasteiger partial charge in [-0.1, -0.05) is 6.07 Å². The number of ether oxygens (including phenoxy) is 1. The number of rotatable bonds is 3. The molecule has 4 nitrogen and oxygen atoms in total. The van der Waals surface area contributed by atoms with Crippen LogP contribution in [0.2, 0.25) is 0 Å². The molecule has 0 spiro atoms. The Morgan fingerprint density at radius 1 is 1.69 bits per heavy atom. The van der Waals surface area contributed by atoms with E-state index in [1.165, 1.54) is 19.2 Å². The second-order valence-electron chi connectivity index (χ2n) is 3.26. The second kappa shape index (κ2) is 5.24. The van der Waals surface area contributed by atoms with Gasteiger partial charge in [-0.15, -0.1) is 0 Å². The summed E-state index contributed by atoms with van der Waals surface area (Å²) in [7, 11) is 1.24. The predicted molar refractivity (Wildman–Crippen MR) is 54.8 cm³/mol. The van der Waals surface area contributed by atoms with Gasteiger partial charge in [0.05, 0.1) is 12.7 Å². The zero-order valence-electron chi connectivity index (χ0n) is 8.74. The lowest BCUT2D eigenvalue weighted by atomic mass is 10.0. The SMILES string of the molecule is COC(=O)[C@H](N)Cc1ccc(C#N)c(F)c1. The van der Waals surface area contributed by atoms with Crippen LogP contribution in [0.5, 0.6) is 0 Å². The molecule has 0 aromatic heterocycles. The molecule has 0 unspecified atom stereocenters. The van der Waals surface area contributed by atoms with Crippen LogP contribution in [0.1, 0.15) is 11.1 Å². The fraction of sp³-hybridized carbons (Fsp3) is 0.273. The topological polar surface area (TPSA) is 76.1 Å². The number of hydrogen-bond donors (Lipinski definition) is 1. The van der Waals surface area contributed by atoms with Crippen LogP contribution < -0.4 is 5.73 Å². The lowest BCUT2D eigenvalue weighted by Crippen LogP contribution is -2.33. The number of carbonyl (C=O) groups excluding carboxylic acids is 1. The molecule has 0 bridgehead atoms. The number of benzene rings is 1. The maximum atomic E-state index is 13.2. The van der Waals surface area contributed by atoms with E-state index in [4.69, 9.17) is 11.0 Å². The van der Waals surface area contributed by atoms with Crippen molar-refractivity contribution in [3.63, 3.8) is 0 Å². The fourth-order valence-electron chi connectivity index (χ4n) is 1.26. The first kappa shape index (κ1) is 12.1. The molecule has 0 radical (unpaired) electrons. The summed E-state index contributed by atoms with van der Waals surface area (Å²) in [5, 5.41) is 8.53. The number of nitrogens with two attached hydrogens (primary N) is 1. The van der Waals surface area contributed by atoms with Gasteiger partial charge in [-0.05, 0) is 24.1 Å². The Morgan fingerprint density at radius 2 is 2.38 bits per heavy atom. The van der Waals surface area contributed by atoms with Gasteiger partial charge in [0.1, 0.15) is 17.9 Å². The third-order valence-corrected chi connectivity index (χ3v) is 2.11. The van der Waals surface area contributed by atoms with Gasteiger partial charge in [0.25, 0.3) is 0 Å². The summed E-state index contributed by atoms with van der Waals surface area (Å²) in [6.07, 6.45) is 0.176. The van der Waals surface area contributed by atoms with Gasteiger partial charge >= 0.3 is 5.97 Å². The maximum Gasteiger partial charge on any atom is 0.322 e. The van der Waals surface area contributed by atoms with E-state index in [0.29, 0.717) is 5.56 Å². The molecule has 84 valence electrons. The van der Waals surface area contributed by atoms with Crippen LogP contribution in [-0.2, 0) is 16.0 Å². The molecule has 0 aliphatic heterocycles. The van der Waals surface area contributed by atoms with Gasteiger partial charge in [-0.25, -0.2) is 4.39 Å². The van der Waals surface area contributed by atoms with E-state index in [9.17, 15) is 9.18 Å². The number of halogens is 1. The largest absolute Gasteiger partial charge is 0.468 e. The first-order valence-corrected chi connectivity index (χ1v) is 4.60. The van der Waals surface area contributed by atoms with E-state index in [0.717, 1.165) is 0 Å². The summed E-state index contributed by atoms with van der Waals surface area (Å²) in [6, 6.07) is 5.00. The number of nitrogens with zero attached hydrogens (tertiary/aromatic N) is 1. The Morgan fingerprint density at radius 3 is 2.88 bits per heavy atom. The predicted octanol–water partition coefficient (Wildman–Crippen LogP) is 0.740. The summed E-state index contributed by atoms with van der Waals surface area (Å²) < 4.78 is 17.7. The lowest BCUT2D eigenvalue weighted by Gasteiger charge is -2.09. The highest BCUT2D eigenvalue weighted by molar-refractivity contribution is 5.75. The van der Waals surface area contributed by atoms with Crippen molar-refractivity contribution >= 4 is 5.97 Å². The first-order valence-electron chi connectivity index (χ1n) is 4.60. The van der Waals surface area contributed by atoms with Gasteiger partial charge in [-0.2, -0.15) is 5.26 Å². The average molecular weight is 222 g/mol. The van der Waals surface area contributed by atoms with Crippen molar-refractivity contribution in [2.24, 2.45) is 5.73 Å². The van der Waals surface area contributed by atoms with Gasteiger partial charge < -0.3 is 10.5 Å². The molecule has 0 aliphatic carbocycles. The summed E-state index contributed by atoms with van der Waals surface area (Å²) >= 11 is 0. The third kappa shape index (κ3) is 2.78. The number of carbonyl (C=O) groups is 1. The minimum Gasteiger partial charge on any atom is -0.468 e. The van der Waals surface area contributed by atoms with Crippen molar-refractivity contribution in [2.45, 2.75) is 12.5 Å². The second-order valence-corrected chi connectivity index (χ2v) is 3.26. The molecular formula is C11H11FN2O2. The van der Waals surface area contributed by atoms with Gasteiger partial charge in [0.2, 0.25) is 0 Å². The number of esters is 1. The Bertz CT molecular complexity index is 440. The van der Waals surface area contributed by atoms with Crippen LogP contribution in [-0.4, -0.2) is 19.1 Å². The summed E-state index contributed by atoms with van der Waals surface area (Å²) in [5.41, 5.74) is 6.04. The van der Waals surface area contributed by atoms with Gasteiger partial charge in [0, 0.05) is 0 Å². The molecule has 0 heterocycles. The molecule has 2 N–H and O–H groups in total. The maximum absolute atomic E-state index is 13.2. The molecule has 16 heavy (non-hydrogen) atoms. The molecule has 0 amide bonds. The quantitative estimate of drug-likeness (QED) is 0.765. The molecule has 0 saturated heterocycles. The van der Waals surface area contributed by atoms with Crippen LogP contribution >= 0.6 is 0 Å². The molecule has 1 rings (SSSR count). The molecule has 0 aliphatic rings. The Hall–Kier alpha value is -1.93. The number of methoxy groups -OCH3 is 1. The molecule has 0 fully saturated rings. The number of nitriles is 1. The molecule has 1 aromatic rings. The van der Waals surface area contributed by atoms with Crippen molar-refractivity contribution in [1.29, 1.82) is 5.26 Å². The van der Waals surface area contributed by atoms with E-state index >= 15 is 0 Å². The van der Waals surface area contributed by atoms with Crippen molar-refractivity contribution < 1.29 is 13.9 Å². The fourth-order valence-corrected chi connectivity index (χ4v) is 1.26. The van der Waals surface area contributed by atoms with E-state index in [-0.39, 0.29) is 12.0 Å². The third-order valence-electron chi connectivity index (χ3n) is 2.11. The monoisotopic (exact) mass is 222 g/mol. The van der Waals surface area contributed by atoms with Crippen molar-refractivity contribution in [2.75, 3.05) is 7.11 Å². The molecule has 1 atom stereocenters. The molecular weight excluding hydrogens is 211 g/mol. The van der Waals surface area contributed by atoms with Crippen molar-refractivity contribution in [1.82, 2.24) is 0 Å². The van der Waals surface area contributed by atoms with E-state index in [1.807, 2.05) is 0 Å². The Kier molecular flexibility index (Phi) is 3.97. The summed E-state index contributed by atoms with van der Waals surface area (Å²) in [5.74, 6) is -1.16. The highest BCUT2D eigenvalue weighted by atomic mass is 19.1. The Labute approximate surface area is 92.4 Å². The van der Waals surface area contributed by atoms with Gasteiger partial charge in [0.15, 0.2) is 0 Å². The number of hydrogen-bond acceptors (Lipinski definition) is 4. The standard InChI is InChI=1S/C11H11FN2O2/c1-16-11(15)10(14)5-7-2-3-8(6-13)9(12)4-7/h2-4,10H,5,14H2,1H3/t10-/m1/s1. The van der Waals surface area contributed by atoms with Crippen LogP contribution in [0.15, 0.2) is 18.2 Å². The minimum absolute atomic E-state index is 0.0320. The van der Waals surface area contributed by atoms with E-state index in [1.54, 1.807) is 12.1 Å². The van der Waals surface area contributed by atoms with Crippen LogP contribution in [0.4, 0.5) is 4.39 Å².